The minimum absolute atomic E-state index is 0.0205. The van der Waals surface area contributed by atoms with Crippen molar-refractivity contribution in [3.8, 4) is 0 Å². The van der Waals surface area contributed by atoms with Crippen molar-refractivity contribution in [2.24, 2.45) is 5.92 Å². The number of hydrogen-bond donors (Lipinski definition) is 1. The minimum Gasteiger partial charge on any atom is -0.381 e. The van der Waals surface area contributed by atoms with Crippen LogP contribution in [0.25, 0.3) is 11.0 Å². The highest BCUT2D eigenvalue weighted by Gasteiger charge is 2.25. The Balaban J connectivity index is 1.84. The first-order valence-electron chi connectivity index (χ1n) is 10.6. The molecule has 0 radical (unpaired) electrons. The molecule has 1 saturated heterocycles. The molecule has 156 valence electrons. The van der Waals surface area contributed by atoms with Gasteiger partial charge in [-0.1, -0.05) is 34.1 Å². The summed E-state index contributed by atoms with van der Waals surface area (Å²) in [7, 11) is 2.11. The molecule has 2 heterocycles. The third-order valence-electron chi connectivity index (χ3n) is 5.38. The van der Waals surface area contributed by atoms with Crippen molar-refractivity contribution in [3.63, 3.8) is 0 Å². The van der Waals surface area contributed by atoms with Crippen LogP contribution in [-0.2, 0) is 16.7 Å². The van der Waals surface area contributed by atoms with Crippen LogP contribution in [0.2, 0.25) is 0 Å². The van der Waals surface area contributed by atoms with Gasteiger partial charge < -0.3 is 13.6 Å². The summed E-state index contributed by atoms with van der Waals surface area (Å²) in [5.74, 6) is 1.86. The van der Waals surface area contributed by atoms with Gasteiger partial charge in [-0.15, -0.1) is 0 Å². The first-order chi connectivity index (χ1) is 13.4. The van der Waals surface area contributed by atoms with Gasteiger partial charge in [0.05, 0.1) is 16.7 Å². The van der Waals surface area contributed by atoms with Gasteiger partial charge in [-0.3, -0.25) is 0 Å². The van der Waals surface area contributed by atoms with E-state index in [-0.39, 0.29) is 5.41 Å². The number of nitrogens with zero attached hydrogens (tertiary/aromatic N) is 3. The highest BCUT2D eigenvalue weighted by molar-refractivity contribution is 7.98. The summed E-state index contributed by atoms with van der Waals surface area (Å²) in [6, 6.07) is 6.68. The number of ether oxygens (including phenoxy) is 1. The maximum atomic E-state index is 5.55. The zero-order chi connectivity index (χ0) is 20.1. The summed E-state index contributed by atoms with van der Waals surface area (Å²) in [6.45, 7) is 12.8. The molecule has 0 saturated carbocycles. The van der Waals surface area contributed by atoms with E-state index in [1.165, 1.54) is 29.9 Å². The van der Waals surface area contributed by atoms with Crippen molar-refractivity contribution in [2.45, 2.75) is 65.3 Å². The van der Waals surface area contributed by atoms with E-state index < -0.39 is 0 Å². The SMILES string of the molecule is CCCCNSN(C)c1ccc2c(c1)nc(C(C)(C)C)n2CC1CCOCC1. The third-order valence-corrected chi connectivity index (χ3v) is 6.20. The molecule has 1 aromatic carbocycles. The summed E-state index contributed by atoms with van der Waals surface area (Å²) in [4.78, 5) is 5.08. The number of unbranched alkanes of at least 4 members (excludes halogenated alkanes) is 1. The van der Waals surface area contributed by atoms with E-state index in [1.54, 1.807) is 12.1 Å². The van der Waals surface area contributed by atoms with E-state index in [4.69, 9.17) is 9.72 Å². The molecule has 0 aliphatic carbocycles. The fourth-order valence-electron chi connectivity index (χ4n) is 3.70. The van der Waals surface area contributed by atoms with Crippen LogP contribution in [0.1, 0.15) is 59.2 Å². The quantitative estimate of drug-likeness (QED) is 0.487. The standard InChI is InChI=1S/C22H36N4OS/c1-6-7-12-23-28-25(5)18-8-9-20-19(15-18)24-21(22(2,3)4)26(20)16-17-10-13-27-14-11-17/h8-9,15,17,23H,6-7,10-14,16H2,1-5H3. The molecular formula is C22H36N4OS. The van der Waals surface area contributed by atoms with Gasteiger partial charge >= 0.3 is 0 Å². The lowest BCUT2D eigenvalue weighted by Crippen LogP contribution is -2.25. The molecule has 28 heavy (non-hydrogen) atoms. The fraction of sp³-hybridized carbons (Fsp3) is 0.682. The molecule has 2 aromatic rings. The molecule has 1 aliphatic heterocycles. The number of fused-ring (bicyclic) bond motifs is 1. The lowest BCUT2D eigenvalue weighted by Gasteiger charge is -2.26. The highest BCUT2D eigenvalue weighted by atomic mass is 32.2. The van der Waals surface area contributed by atoms with Crippen molar-refractivity contribution in [3.05, 3.63) is 24.0 Å². The van der Waals surface area contributed by atoms with Crippen molar-refractivity contribution in [2.75, 3.05) is 31.1 Å². The van der Waals surface area contributed by atoms with Crippen molar-refractivity contribution in [1.29, 1.82) is 0 Å². The molecule has 1 aliphatic rings. The average molecular weight is 405 g/mol. The number of rotatable bonds is 8. The Morgan fingerprint density at radius 2 is 2.04 bits per heavy atom. The van der Waals surface area contributed by atoms with Gasteiger partial charge in [0.25, 0.3) is 0 Å². The second-order valence-electron chi connectivity index (χ2n) is 8.86. The molecule has 0 atom stereocenters. The van der Waals surface area contributed by atoms with Crippen LogP contribution in [0.4, 0.5) is 5.69 Å². The van der Waals surface area contributed by atoms with Gasteiger partial charge in [-0.05, 0) is 43.4 Å². The molecule has 1 N–H and O–H groups in total. The van der Waals surface area contributed by atoms with E-state index in [0.717, 1.165) is 44.7 Å². The Labute approximate surface area is 174 Å². The summed E-state index contributed by atoms with van der Waals surface area (Å²) >= 11 is 1.66. The zero-order valence-electron chi connectivity index (χ0n) is 18.1. The Bertz CT molecular complexity index is 762. The van der Waals surface area contributed by atoms with Crippen LogP contribution in [0.5, 0.6) is 0 Å². The lowest BCUT2D eigenvalue weighted by molar-refractivity contribution is 0.0611. The molecule has 3 rings (SSSR count). The van der Waals surface area contributed by atoms with Crippen molar-refractivity contribution >= 4 is 28.9 Å². The second-order valence-corrected chi connectivity index (χ2v) is 9.88. The predicted octanol–water partition coefficient (Wildman–Crippen LogP) is 5.15. The van der Waals surface area contributed by atoms with Gasteiger partial charge in [-0.25, -0.2) is 9.71 Å². The topological polar surface area (TPSA) is 42.3 Å². The summed E-state index contributed by atoms with van der Waals surface area (Å²) in [6.07, 6.45) is 4.70. The summed E-state index contributed by atoms with van der Waals surface area (Å²) < 4.78 is 13.6. The summed E-state index contributed by atoms with van der Waals surface area (Å²) in [5, 5.41) is 0. The monoisotopic (exact) mass is 404 g/mol. The average Bonchev–Trinajstić information content (AvgIpc) is 3.04. The first kappa shape index (κ1) is 21.5. The molecule has 0 unspecified atom stereocenters. The van der Waals surface area contributed by atoms with Gasteiger partial charge in [0.2, 0.25) is 0 Å². The number of anilines is 1. The molecular weight excluding hydrogens is 368 g/mol. The molecule has 1 fully saturated rings. The second kappa shape index (κ2) is 9.51. The van der Waals surface area contributed by atoms with Crippen LogP contribution >= 0.6 is 12.1 Å². The van der Waals surface area contributed by atoms with Gasteiger partial charge in [0.1, 0.15) is 5.82 Å². The van der Waals surface area contributed by atoms with E-state index in [1.807, 2.05) is 0 Å². The normalized spacial score (nSPS) is 16.0. The maximum absolute atomic E-state index is 5.55. The fourth-order valence-corrected chi connectivity index (χ4v) is 4.35. The molecule has 0 bridgehead atoms. The number of imidazole rings is 1. The van der Waals surface area contributed by atoms with Crippen LogP contribution < -0.4 is 9.03 Å². The highest BCUT2D eigenvalue weighted by Crippen LogP contribution is 2.31. The summed E-state index contributed by atoms with van der Waals surface area (Å²) in [5.41, 5.74) is 3.54. The minimum atomic E-state index is 0.0205. The predicted molar refractivity (Wildman–Crippen MR) is 121 cm³/mol. The van der Waals surface area contributed by atoms with Gasteiger partial charge in [0, 0.05) is 50.9 Å². The Hall–Kier alpha value is -1.24. The van der Waals surface area contributed by atoms with Crippen LogP contribution in [0, 0.1) is 5.92 Å². The van der Waals surface area contributed by atoms with Crippen LogP contribution in [0.15, 0.2) is 18.2 Å². The molecule has 5 nitrogen and oxygen atoms in total. The van der Waals surface area contributed by atoms with E-state index in [0.29, 0.717) is 5.92 Å². The maximum Gasteiger partial charge on any atom is 0.115 e. The smallest absolute Gasteiger partial charge is 0.115 e. The first-order valence-corrected chi connectivity index (χ1v) is 11.4. The number of hydrogen-bond acceptors (Lipinski definition) is 5. The molecule has 0 amide bonds. The molecule has 0 spiro atoms. The Kier molecular flexibility index (Phi) is 7.29. The Morgan fingerprint density at radius 1 is 1.29 bits per heavy atom. The lowest BCUT2D eigenvalue weighted by atomic mass is 9.94. The number of benzene rings is 1. The van der Waals surface area contributed by atoms with E-state index in [9.17, 15) is 0 Å². The van der Waals surface area contributed by atoms with E-state index >= 15 is 0 Å². The van der Waals surface area contributed by atoms with Crippen molar-refractivity contribution < 1.29 is 4.74 Å². The van der Waals surface area contributed by atoms with Gasteiger partial charge in [0.15, 0.2) is 0 Å². The van der Waals surface area contributed by atoms with Crippen LogP contribution in [0.3, 0.4) is 0 Å². The van der Waals surface area contributed by atoms with Crippen molar-refractivity contribution in [1.82, 2.24) is 14.3 Å². The molecule has 1 aromatic heterocycles. The zero-order valence-corrected chi connectivity index (χ0v) is 18.9. The third kappa shape index (κ3) is 5.22. The molecule has 6 heteroatoms. The van der Waals surface area contributed by atoms with E-state index in [2.05, 4.69) is 66.5 Å². The van der Waals surface area contributed by atoms with Gasteiger partial charge in [-0.2, -0.15) is 0 Å². The number of aromatic nitrogens is 2. The number of nitrogens with one attached hydrogen (secondary N) is 1. The van der Waals surface area contributed by atoms with Crippen LogP contribution in [-0.4, -0.2) is 36.4 Å². The largest absolute Gasteiger partial charge is 0.381 e. The Morgan fingerprint density at radius 3 is 2.71 bits per heavy atom.